The van der Waals surface area contributed by atoms with Crippen molar-refractivity contribution in [3.63, 3.8) is 0 Å². The van der Waals surface area contributed by atoms with Crippen molar-refractivity contribution >= 4 is 0 Å². The fourth-order valence-corrected chi connectivity index (χ4v) is 3.07. The maximum absolute atomic E-state index is 4.23. The Bertz CT molecular complexity index is 552. The summed E-state index contributed by atoms with van der Waals surface area (Å²) in [6, 6.07) is 0.521. The van der Waals surface area contributed by atoms with Gasteiger partial charge in [-0.1, -0.05) is 6.42 Å². The second kappa shape index (κ2) is 5.21. The summed E-state index contributed by atoms with van der Waals surface area (Å²) in [4.78, 5) is 0. The third-order valence-corrected chi connectivity index (χ3v) is 4.03. The summed E-state index contributed by atoms with van der Waals surface area (Å²) < 4.78 is 4.16. The molecule has 1 unspecified atom stereocenters. The van der Waals surface area contributed by atoms with Crippen LogP contribution in [-0.2, 0) is 20.0 Å². The van der Waals surface area contributed by atoms with Crippen molar-refractivity contribution in [1.29, 1.82) is 0 Å². The van der Waals surface area contributed by atoms with E-state index in [1.807, 2.05) is 17.9 Å². The Balaban J connectivity index is 1.84. The molecule has 1 aliphatic carbocycles. The van der Waals surface area contributed by atoms with Crippen LogP contribution in [0.5, 0.6) is 0 Å². The molecule has 1 aliphatic rings. The molecule has 3 rings (SSSR count). The van der Waals surface area contributed by atoms with Gasteiger partial charge in [-0.05, 0) is 37.4 Å². The van der Waals surface area contributed by atoms with Gasteiger partial charge >= 0.3 is 0 Å². The molecule has 0 aliphatic heterocycles. The van der Waals surface area contributed by atoms with E-state index in [4.69, 9.17) is 0 Å². The first-order valence-corrected chi connectivity index (χ1v) is 7.09. The Labute approximate surface area is 114 Å². The quantitative estimate of drug-likeness (QED) is 0.857. The van der Waals surface area contributed by atoms with E-state index < -0.39 is 0 Å². The second-order valence-electron chi connectivity index (χ2n) is 5.52. The Morgan fingerprint density at radius 3 is 2.95 bits per heavy atom. The summed E-state index contributed by atoms with van der Waals surface area (Å²) in [6.45, 7) is 0.914. The van der Waals surface area contributed by atoms with Gasteiger partial charge in [-0.3, -0.25) is 4.68 Å². The van der Waals surface area contributed by atoms with Gasteiger partial charge in [0.25, 0.3) is 0 Å². The molecule has 102 valence electrons. The van der Waals surface area contributed by atoms with Crippen molar-refractivity contribution in [2.24, 2.45) is 7.05 Å². The molecule has 0 radical (unpaired) electrons. The maximum Gasteiger partial charge on any atom is 0.0539 e. The summed E-state index contributed by atoms with van der Waals surface area (Å²) in [6.07, 6.45) is 13.8. The SMILES string of the molecule is CNC1CCCCc2cn(Cc3cnn(C)c3)cc21. The highest BCUT2D eigenvalue weighted by molar-refractivity contribution is 5.29. The van der Waals surface area contributed by atoms with Gasteiger partial charge in [-0.15, -0.1) is 0 Å². The molecule has 0 fully saturated rings. The Morgan fingerprint density at radius 1 is 1.32 bits per heavy atom. The van der Waals surface area contributed by atoms with Crippen molar-refractivity contribution in [1.82, 2.24) is 19.7 Å². The lowest BCUT2D eigenvalue weighted by atomic mass is 10.1. The highest BCUT2D eigenvalue weighted by Crippen LogP contribution is 2.29. The first-order chi connectivity index (χ1) is 9.26. The smallest absolute Gasteiger partial charge is 0.0539 e. The van der Waals surface area contributed by atoms with Crippen LogP contribution >= 0.6 is 0 Å². The van der Waals surface area contributed by atoms with Crippen molar-refractivity contribution in [2.75, 3.05) is 7.05 Å². The lowest BCUT2D eigenvalue weighted by molar-refractivity contribution is 0.531. The molecular formula is C15H22N4. The average Bonchev–Trinajstić information content (AvgIpc) is 2.92. The predicted molar refractivity (Wildman–Crippen MR) is 76.1 cm³/mol. The second-order valence-corrected chi connectivity index (χ2v) is 5.52. The molecule has 4 heteroatoms. The minimum atomic E-state index is 0.521. The third kappa shape index (κ3) is 2.59. The summed E-state index contributed by atoms with van der Waals surface area (Å²) in [7, 11) is 4.03. The standard InChI is InChI=1S/C15H22N4/c1-16-15-6-4-3-5-13-10-19(11-14(13)15)9-12-7-17-18(2)8-12/h7-8,10-11,15-16H,3-6,9H2,1-2H3. The lowest BCUT2D eigenvalue weighted by Crippen LogP contribution is -2.15. The van der Waals surface area contributed by atoms with E-state index in [0.29, 0.717) is 6.04 Å². The van der Waals surface area contributed by atoms with E-state index in [2.05, 4.69) is 40.6 Å². The van der Waals surface area contributed by atoms with E-state index in [1.54, 1.807) is 0 Å². The number of fused-ring (bicyclic) bond motifs is 1. The zero-order valence-corrected chi connectivity index (χ0v) is 11.8. The van der Waals surface area contributed by atoms with E-state index in [-0.39, 0.29) is 0 Å². The maximum atomic E-state index is 4.23. The van der Waals surface area contributed by atoms with Crippen LogP contribution in [0.4, 0.5) is 0 Å². The minimum absolute atomic E-state index is 0.521. The van der Waals surface area contributed by atoms with Crippen LogP contribution < -0.4 is 5.32 Å². The van der Waals surface area contributed by atoms with Crippen molar-refractivity contribution in [3.8, 4) is 0 Å². The molecular weight excluding hydrogens is 236 g/mol. The molecule has 0 bridgehead atoms. The van der Waals surface area contributed by atoms with Crippen LogP contribution in [0.1, 0.15) is 42.0 Å². The first kappa shape index (κ1) is 12.5. The number of aromatic nitrogens is 3. The third-order valence-electron chi connectivity index (χ3n) is 4.03. The summed E-state index contributed by atoms with van der Waals surface area (Å²) in [5, 5.41) is 7.68. The van der Waals surface area contributed by atoms with E-state index in [1.165, 1.54) is 42.4 Å². The molecule has 0 saturated heterocycles. The van der Waals surface area contributed by atoms with Crippen LogP contribution in [0.15, 0.2) is 24.8 Å². The molecule has 2 aromatic rings. The largest absolute Gasteiger partial charge is 0.349 e. The number of hydrogen-bond donors (Lipinski definition) is 1. The van der Waals surface area contributed by atoms with Crippen LogP contribution in [0, 0.1) is 0 Å². The Kier molecular flexibility index (Phi) is 3.42. The van der Waals surface area contributed by atoms with Gasteiger partial charge < -0.3 is 9.88 Å². The zero-order valence-electron chi connectivity index (χ0n) is 11.8. The van der Waals surface area contributed by atoms with Crippen molar-refractivity contribution in [3.05, 3.63) is 41.5 Å². The fraction of sp³-hybridized carbons (Fsp3) is 0.533. The van der Waals surface area contributed by atoms with Gasteiger partial charge in [0.2, 0.25) is 0 Å². The lowest BCUT2D eigenvalue weighted by Gasteiger charge is -2.13. The molecule has 2 heterocycles. The number of nitrogens with one attached hydrogen (secondary N) is 1. The van der Waals surface area contributed by atoms with Gasteiger partial charge in [0, 0.05) is 37.2 Å². The van der Waals surface area contributed by atoms with Crippen molar-refractivity contribution < 1.29 is 0 Å². The van der Waals surface area contributed by atoms with E-state index in [9.17, 15) is 0 Å². The van der Waals surface area contributed by atoms with Crippen LogP contribution in [0.2, 0.25) is 0 Å². The Morgan fingerprint density at radius 2 is 2.21 bits per heavy atom. The van der Waals surface area contributed by atoms with Gasteiger partial charge in [0.1, 0.15) is 0 Å². The summed E-state index contributed by atoms with van der Waals surface area (Å²) >= 11 is 0. The predicted octanol–water partition coefficient (Wildman–Crippen LogP) is 2.26. The number of nitrogens with zero attached hydrogens (tertiary/aromatic N) is 3. The number of hydrogen-bond acceptors (Lipinski definition) is 2. The number of rotatable bonds is 3. The summed E-state index contributed by atoms with van der Waals surface area (Å²) in [5.41, 5.74) is 4.26. The first-order valence-electron chi connectivity index (χ1n) is 7.09. The molecule has 2 aromatic heterocycles. The molecule has 1 atom stereocenters. The molecule has 1 N–H and O–H groups in total. The molecule has 0 aromatic carbocycles. The molecule has 4 nitrogen and oxygen atoms in total. The fourth-order valence-electron chi connectivity index (χ4n) is 3.07. The monoisotopic (exact) mass is 258 g/mol. The van der Waals surface area contributed by atoms with Gasteiger partial charge in [-0.25, -0.2) is 0 Å². The molecule has 19 heavy (non-hydrogen) atoms. The van der Waals surface area contributed by atoms with Gasteiger partial charge in [0.05, 0.1) is 12.7 Å². The highest BCUT2D eigenvalue weighted by Gasteiger charge is 2.19. The number of aryl methyl sites for hydroxylation is 2. The average molecular weight is 258 g/mol. The van der Waals surface area contributed by atoms with E-state index >= 15 is 0 Å². The van der Waals surface area contributed by atoms with E-state index in [0.717, 1.165) is 6.54 Å². The zero-order chi connectivity index (χ0) is 13.2. The van der Waals surface area contributed by atoms with Gasteiger partial charge in [-0.2, -0.15) is 5.10 Å². The van der Waals surface area contributed by atoms with Crippen LogP contribution in [0.25, 0.3) is 0 Å². The molecule has 0 amide bonds. The normalized spacial score (nSPS) is 19.2. The highest BCUT2D eigenvalue weighted by atomic mass is 15.2. The van der Waals surface area contributed by atoms with Crippen molar-refractivity contribution in [2.45, 2.75) is 38.3 Å². The Hall–Kier alpha value is -1.55. The van der Waals surface area contributed by atoms with Gasteiger partial charge in [0.15, 0.2) is 0 Å². The molecule has 0 saturated carbocycles. The topological polar surface area (TPSA) is 34.8 Å². The summed E-state index contributed by atoms with van der Waals surface area (Å²) in [5.74, 6) is 0. The van der Waals surface area contributed by atoms with Crippen LogP contribution in [0.3, 0.4) is 0 Å². The van der Waals surface area contributed by atoms with Crippen LogP contribution in [-0.4, -0.2) is 21.4 Å². The molecule has 0 spiro atoms. The minimum Gasteiger partial charge on any atom is -0.349 e.